The van der Waals surface area contributed by atoms with E-state index in [0.717, 1.165) is 24.2 Å². The van der Waals surface area contributed by atoms with E-state index in [1.807, 2.05) is 36.0 Å². The summed E-state index contributed by atoms with van der Waals surface area (Å²) in [6.07, 6.45) is 6.23. The summed E-state index contributed by atoms with van der Waals surface area (Å²) in [6.45, 7) is 0.949. The highest BCUT2D eigenvalue weighted by Gasteiger charge is 2.14. The van der Waals surface area contributed by atoms with Gasteiger partial charge in [0.1, 0.15) is 6.29 Å². The third-order valence-corrected chi connectivity index (χ3v) is 4.08. The number of ether oxygens (including phenoxy) is 1. The monoisotopic (exact) mass is 250 g/mol. The van der Waals surface area contributed by atoms with Crippen LogP contribution in [0.2, 0.25) is 0 Å². The van der Waals surface area contributed by atoms with Crippen LogP contribution in [0.1, 0.15) is 36.0 Å². The van der Waals surface area contributed by atoms with Gasteiger partial charge in [-0.3, -0.25) is 4.79 Å². The average molecular weight is 250 g/mol. The Morgan fingerprint density at radius 1 is 1.35 bits per heavy atom. The van der Waals surface area contributed by atoms with Crippen molar-refractivity contribution in [2.75, 3.05) is 12.4 Å². The van der Waals surface area contributed by atoms with Gasteiger partial charge in [0.05, 0.1) is 6.10 Å². The minimum atomic E-state index is 0.507. The summed E-state index contributed by atoms with van der Waals surface area (Å²) in [5.41, 5.74) is 0.744. The summed E-state index contributed by atoms with van der Waals surface area (Å²) in [6, 6.07) is 7.77. The molecule has 1 heterocycles. The van der Waals surface area contributed by atoms with Crippen LogP contribution in [-0.4, -0.2) is 24.7 Å². The molecule has 1 aromatic carbocycles. The Balaban J connectivity index is 1.65. The number of benzene rings is 1. The van der Waals surface area contributed by atoms with Crippen LogP contribution in [0.25, 0.3) is 0 Å². The van der Waals surface area contributed by atoms with Crippen molar-refractivity contribution in [1.29, 1.82) is 0 Å². The summed E-state index contributed by atoms with van der Waals surface area (Å²) >= 11 is 1.85. The maximum atomic E-state index is 10.5. The summed E-state index contributed by atoms with van der Waals surface area (Å²) in [7, 11) is 0. The molecule has 2 nitrogen and oxygen atoms in total. The van der Waals surface area contributed by atoms with Crippen molar-refractivity contribution in [1.82, 2.24) is 0 Å². The first-order chi connectivity index (χ1) is 8.38. The molecule has 17 heavy (non-hydrogen) atoms. The number of rotatable bonds is 6. The highest BCUT2D eigenvalue weighted by atomic mass is 32.2. The van der Waals surface area contributed by atoms with Gasteiger partial charge in [-0.1, -0.05) is 12.1 Å². The van der Waals surface area contributed by atoms with Gasteiger partial charge < -0.3 is 4.74 Å². The van der Waals surface area contributed by atoms with Crippen LogP contribution in [0.4, 0.5) is 0 Å². The molecule has 1 fully saturated rings. The van der Waals surface area contributed by atoms with E-state index in [0.29, 0.717) is 6.10 Å². The molecule has 0 aliphatic carbocycles. The second kappa shape index (κ2) is 6.82. The second-order valence-corrected chi connectivity index (χ2v) is 5.48. The lowest BCUT2D eigenvalue weighted by molar-refractivity contribution is 0.104. The summed E-state index contributed by atoms with van der Waals surface area (Å²) in [5, 5.41) is 0. The van der Waals surface area contributed by atoms with Gasteiger partial charge >= 0.3 is 0 Å². The van der Waals surface area contributed by atoms with E-state index in [1.54, 1.807) is 0 Å². The molecule has 0 bridgehead atoms. The van der Waals surface area contributed by atoms with Gasteiger partial charge in [-0.25, -0.2) is 0 Å². The van der Waals surface area contributed by atoms with Gasteiger partial charge in [-0.2, -0.15) is 0 Å². The van der Waals surface area contributed by atoms with Crippen molar-refractivity contribution in [2.24, 2.45) is 0 Å². The molecule has 1 aliphatic rings. The Kier molecular flexibility index (Phi) is 5.08. The van der Waals surface area contributed by atoms with Crippen molar-refractivity contribution in [2.45, 2.75) is 36.7 Å². The van der Waals surface area contributed by atoms with Crippen LogP contribution in [0.3, 0.4) is 0 Å². The van der Waals surface area contributed by atoms with Gasteiger partial charge in [0.25, 0.3) is 0 Å². The maximum Gasteiger partial charge on any atom is 0.150 e. The molecule has 0 aromatic heterocycles. The molecule has 0 radical (unpaired) electrons. The molecule has 0 amide bonds. The fraction of sp³-hybridized carbons (Fsp3) is 0.500. The van der Waals surface area contributed by atoms with Crippen molar-refractivity contribution in [3.63, 3.8) is 0 Å². The molecule has 1 atom stereocenters. The zero-order valence-electron chi connectivity index (χ0n) is 9.93. The highest BCUT2D eigenvalue weighted by Crippen LogP contribution is 2.22. The third-order valence-electron chi connectivity index (χ3n) is 2.98. The molecular weight excluding hydrogens is 232 g/mol. The second-order valence-electron chi connectivity index (χ2n) is 4.31. The topological polar surface area (TPSA) is 26.3 Å². The molecule has 3 heteroatoms. The molecule has 0 spiro atoms. The first-order valence-corrected chi connectivity index (χ1v) is 7.17. The summed E-state index contributed by atoms with van der Waals surface area (Å²) < 4.78 is 5.59. The van der Waals surface area contributed by atoms with Gasteiger partial charge in [-0.15, -0.1) is 11.8 Å². The number of thioether (sulfide) groups is 1. The number of aldehydes is 1. The quantitative estimate of drug-likeness (QED) is 0.439. The van der Waals surface area contributed by atoms with Crippen LogP contribution in [0.5, 0.6) is 0 Å². The Labute approximate surface area is 107 Å². The van der Waals surface area contributed by atoms with Gasteiger partial charge in [0.15, 0.2) is 0 Å². The maximum absolute atomic E-state index is 10.5. The zero-order valence-corrected chi connectivity index (χ0v) is 10.7. The summed E-state index contributed by atoms with van der Waals surface area (Å²) in [4.78, 5) is 11.7. The van der Waals surface area contributed by atoms with E-state index in [2.05, 4.69) is 0 Å². The molecule has 1 aromatic rings. The fourth-order valence-corrected chi connectivity index (χ4v) is 2.89. The van der Waals surface area contributed by atoms with Crippen LogP contribution in [-0.2, 0) is 4.74 Å². The Hall–Kier alpha value is -0.800. The minimum Gasteiger partial charge on any atom is -0.378 e. The molecular formula is C14H18O2S. The van der Waals surface area contributed by atoms with Crippen LogP contribution in [0.15, 0.2) is 29.2 Å². The van der Waals surface area contributed by atoms with Gasteiger partial charge in [-0.05, 0) is 43.6 Å². The fourth-order valence-electron chi connectivity index (χ4n) is 2.02. The molecule has 92 valence electrons. The average Bonchev–Trinajstić information content (AvgIpc) is 2.88. The standard InChI is InChI=1S/C14H18O2S/c15-11-12-5-7-14(8-6-12)17-10-2-4-13-3-1-9-16-13/h5-8,11,13H,1-4,9-10H2. The molecule has 1 saturated heterocycles. The van der Waals surface area contributed by atoms with Crippen LogP contribution < -0.4 is 0 Å². The number of hydrogen-bond acceptors (Lipinski definition) is 3. The molecule has 2 rings (SSSR count). The Bertz CT molecular complexity index is 342. The summed E-state index contributed by atoms with van der Waals surface area (Å²) in [5.74, 6) is 1.13. The van der Waals surface area contributed by atoms with Gasteiger partial charge in [0, 0.05) is 17.1 Å². The van der Waals surface area contributed by atoms with Crippen molar-refractivity contribution < 1.29 is 9.53 Å². The molecule has 0 saturated carbocycles. The number of carbonyl (C=O) groups excluding carboxylic acids is 1. The van der Waals surface area contributed by atoms with Crippen LogP contribution >= 0.6 is 11.8 Å². The van der Waals surface area contributed by atoms with E-state index >= 15 is 0 Å². The SMILES string of the molecule is O=Cc1ccc(SCCCC2CCCO2)cc1. The molecule has 0 N–H and O–H groups in total. The smallest absolute Gasteiger partial charge is 0.150 e. The lowest BCUT2D eigenvalue weighted by Crippen LogP contribution is -2.04. The molecule has 1 aliphatic heterocycles. The predicted molar refractivity (Wildman–Crippen MR) is 70.8 cm³/mol. The minimum absolute atomic E-state index is 0.507. The zero-order chi connectivity index (χ0) is 11.9. The number of hydrogen-bond donors (Lipinski definition) is 0. The Morgan fingerprint density at radius 3 is 2.82 bits per heavy atom. The number of carbonyl (C=O) groups is 1. The normalized spacial score (nSPS) is 19.4. The largest absolute Gasteiger partial charge is 0.378 e. The lowest BCUT2D eigenvalue weighted by atomic mass is 10.1. The van der Waals surface area contributed by atoms with E-state index in [9.17, 15) is 4.79 Å². The Morgan fingerprint density at radius 2 is 2.18 bits per heavy atom. The first kappa shape index (κ1) is 12.7. The van der Waals surface area contributed by atoms with Gasteiger partial charge in [0.2, 0.25) is 0 Å². The van der Waals surface area contributed by atoms with Crippen LogP contribution in [0, 0.1) is 0 Å². The highest BCUT2D eigenvalue weighted by molar-refractivity contribution is 7.99. The van der Waals surface area contributed by atoms with Crippen molar-refractivity contribution in [3.05, 3.63) is 29.8 Å². The van der Waals surface area contributed by atoms with E-state index in [1.165, 1.54) is 30.6 Å². The third kappa shape index (κ3) is 4.17. The van der Waals surface area contributed by atoms with E-state index in [4.69, 9.17) is 4.74 Å². The predicted octanol–water partition coefficient (Wildman–Crippen LogP) is 3.55. The lowest BCUT2D eigenvalue weighted by Gasteiger charge is -2.08. The van der Waals surface area contributed by atoms with Crippen molar-refractivity contribution in [3.8, 4) is 0 Å². The van der Waals surface area contributed by atoms with E-state index < -0.39 is 0 Å². The van der Waals surface area contributed by atoms with E-state index in [-0.39, 0.29) is 0 Å². The van der Waals surface area contributed by atoms with Crippen molar-refractivity contribution >= 4 is 18.0 Å². The first-order valence-electron chi connectivity index (χ1n) is 6.18. The molecule has 1 unspecified atom stereocenters.